The first kappa shape index (κ1) is 19.6. The van der Waals surface area contributed by atoms with E-state index in [-0.39, 0.29) is 49.3 Å². The van der Waals surface area contributed by atoms with E-state index in [1.807, 2.05) is 20.8 Å². The number of amides is 3. The number of rotatable bonds is 8. The highest BCUT2D eigenvalue weighted by Gasteiger charge is 2.34. The Bertz CT molecular complexity index is 691. The minimum absolute atomic E-state index is 0.0257. The summed E-state index contributed by atoms with van der Waals surface area (Å²) in [5.41, 5.74) is 0.417. The molecule has 0 radical (unpaired) electrons. The average Bonchev–Trinajstić information content (AvgIpc) is 2.85. The molecule has 2 rings (SSSR count). The van der Waals surface area contributed by atoms with Crippen molar-refractivity contribution >= 4 is 23.7 Å². The molecular formula is C19H24N2O5. The number of hydrogen-bond acceptors (Lipinski definition) is 5. The molecule has 1 aromatic rings. The second-order valence-corrected chi connectivity index (χ2v) is 6.86. The number of carbonyl (C=O) groups is 4. The Morgan fingerprint density at radius 1 is 1.12 bits per heavy atom. The average molecular weight is 360 g/mol. The normalized spacial score (nSPS) is 13.6. The molecule has 7 heteroatoms. The van der Waals surface area contributed by atoms with Gasteiger partial charge in [-0.25, -0.2) is 0 Å². The van der Waals surface area contributed by atoms with Gasteiger partial charge in [-0.1, -0.05) is 19.1 Å². The summed E-state index contributed by atoms with van der Waals surface area (Å²) in [6.07, 6.45) is 1.07. The molecular weight excluding hydrogens is 336 g/mol. The molecule has 0 atom stereocenters. The summed E-state index contributed by atoms with van der Waals surface area (Å²) in [6, 6.07) is 6.63. The van der Waals surface area contributed by atoms with Crippen molar-refractivity contribution in [3.63, 3.8) is 0 Å². The van der Waals surface area contributed by atoms with Crippen molar-refractivity contribution in [1.82, 2.24) is 10.2 Å². The number of imide groups is 1. The molecule has 0 aliphatic carbocycles. The predicted octanol–water partition coefficient (Wildman–Crippen LogP) is 1.91. The van der Waals surface area contributed by atoms with Crippen LogP contribution >= 0.6 is 0 Å². The maximum atomic E-state index is 12.2. The third kappa shape index (κ3) is 4.68. The molecule has 0 aromatic heterocycles. The number of benzene rings is 1. The molecule has 0 spiro atoms. The summed E-state index contributed by atoms with van der Waals surface area (Å²) in [7, 11) is 0. The molecule has 26 heavy (non-hydrogen) atoms. The number of carbonyl (C=O) groups excluding carboxylic acids is 4. The lowest BCUT2D eigenvalue weighted by Gasteiger charge is -2.24. The van der Waals surface area contributed by atoms with Gasteiger partial charge in [-0.2, -0.15) is 0 Å². The minimum Gasteiger partial charge on any atom is -0.456 e. The van der Waals surface area contributed by atoms with Crippen molar-refractivity contribution in [2.24, 2.45) is 0 Å². The highest BCUT2D eigenvalue weighted by Crippen LogP contribution is 2.22. The maximum Gasteiger partial charge on any atom is 0.306 e. The fourth-order valence-electron chi connectivity index (χ4n) is 2.54. The predicted molar refractivity (Wildman–Crippen MR) is 94.5 cm³/mol. The van der Waals surface area contributed by atoms with Crippen LogP contribution in [0.5, 0.6) is 0 Å². The van der Waals surface area contributed by atoms with Crippen LogP contribution in [0.25, 0.3) is 0 Å². The molecule has 0 fully saturated rings. The number of nitrogens with zero attached hydrogens (tertiary/aromatic N) is 1. The molecule has 3 amide bonds. The third-order valence-electron chi connectivity index (χ3n) is 4.37. The van der Waals surface area contributed by atoms with Gasteiger partial charge < -0.3 is 10.1 Å². The Balaban J connectivity index is 1.73. The molecule has 140 valence electrons. The summed E-state index contributed by atoms with van der Waals surface area (Å²) >= 11 is 0. The van der Waals surface area contributed by atoms with E-state index in [0.717, 1.165) is 11.3 Å². The van der Waals surface area contributed by atoms with Gasteiger partial charge in [0.25, 0.3) is 17.7 Å². The van der Waals surface area contributed by atoms with Crippen LogP contribution < -0.4 is 5.32 Å². The molecule has 0 saturated heterocycles. The maximum absolute atomic E-state index is 12.2. The van der Waals surface area contributed by atoms with E-state index in [0.29, 0.717) is 11.1 Å². The molecule has 7 nitrogen and oxygen atoms in total. The summed E-state index contributed by atoms with van der Waals surface area (Å²) in [4.78, 5) is 49.0. The number of ether oxygens (including phenoxy) is 1. The van der Waals surface area contributed by atoms with E-state index < -0.39 is 5.97 Å². The third-order valence-corrected chi connectivity index (χ3v) is 4.37. The summed E-state index contributed by atoms with van der Waals surface area (Å²) in [5.74, 6) is -1.59. The van der Waals surface area contributed by atoms with Gasteiger partial charge in [-0.15, -0.1) is 0 Å². The second kappa shape index (κ2) is 8.12. The summed E-state index contributed by atoms with van der Waals surface area (Å²) in [6.45, 7) is 5.51. The number of esters is 1. The Morgan fingerprint density at radius 3 is 2.23 bits per heavy atom. The van der Waals surface area contributed by atoms with Crippen LogP contribution in [-0.4, -0.2) is 47.3 Å². The van der Waals surface area contributed by atoms with Gasteiger partial charge in [0, 0.05) is 18.5 Å². The SMILES string of the molecule is CCC(C)(C)NC(=O)COC(=O)CCCN1C(=O)c2ccccc2C1=O. The summed E-state index contributed by atoms with van der Waals surface area (Å²) < 4.78 is 4.94. The van der Waals surface area contributed by atoms with Crippen molar-refractivity contribution in [1.29, 1.82) is 0 Å². The standard InChI is InChI=1S/C19H24N2O5/c1-4-19(2,3)20-15(22)12-26-16(23)10-7-11-21-17(24)13-8-5-6-9-14(13)18(21)25/h5-6,8-9H,4,7,10-12H2,1-3H3,(H,20,22). The fourth-order valence-corrected chi connectivity index (χ4v) is 2.54. The van der Waals surface area contributed by atoms with Crippen LogP contribution in [0.4, 0.5) is 0 Å². The van der Waals surface area contributed by atoms with E-state index in [1.165, 1.54) is 0 Å². The van der Waals surface area contributed by atoms with E-state index in [9.17, 15) is 19.2 Å². The van der Waals surface area contributed by atoms with Crippen LogP contribution in [0.2, 0.25) is 0 Å². The molecule has 1 aliphatic rings. The zero-order valence-electron chi connectivity index (χ0n) is 15.3. The van der Waals surface area contributed by atoms with Crippen LogP contribution in [0.3, 0.4) is 0 Å². The Hall–Kier alpha value is -2.70. The van der Waals surface area contributed by atoms with Crippen molar-refractivity contribution in [2.75, 3.05) is 13.2 Å². The Morgan fingerprint density at radius 2 is 1.69 bits per heavy atom. The van der Waals surface area contributed by atoms with Gasteiger partial charge in [-0.05, 0) is 38.8 Å². The van der Waals surface area contributed by atoms with Crippen molar-refractivity contribution in [3.05, 3.63) is 35.4 Å². The topological polar surface area (TPSA) is 92.8 Å². The Labute approximate surface area is 152 Å². The van der Waals surface area contributed by atoms with Crippen LogP contribution in [0.1, 0.15) is 60.7 Å². The number of nitrogens with one attached hydrogen (secondary N) is 1. The van der Waals surface area contributed by atoms with Crippen LogP contribution in [-0.2, 0) is 14.3 Å². The molecule has 0 saturated carbocycles. The first-order valence-electron chi connectivity index (χ1n) is 8.67. The Kier molecular flexibility index (Phi) is 6.13. The van der Waals surface area contributed by atoms with Gasteiger partial charge in [0.2, 0.25) is 0 Å². The lowest BCUT2D eigenvalue weighted by Crippen LogP contribution is -2.44. The zero-order chi connectivity index (χ0) is 19.3. The van der Waals surface area contributed by atoms with Gasteiger partial charge in [-0.3, -0.25) is 24.1 Å². The molecule has 1 aromatic carbocycles. The molecule has 1 N–H and O–H groups in total. The lowest BCUT2D eigenvalue weighted by atomic mass is 10.0. The highest BCUT2D eigenvalue weighted by atomic mass is 16.5. The molecule has 1 aliphatic heterocycles. The largest absolute Gasteiger partial charge is 0.456 e. The fraction of sp³-hybridized carbons (Fsp3) is 0.474. The van der Waals surface area contributed by atoms with Gasteiger partial charge in [0.15, 0.2) is 6.61 Å². The van der Waals surface area contributed by atoms with Gasteiger partial charge in [0.05, 0.1) is 11.1 Å². The monoisotopic (exact) mass is 360 g/mol. The second-order valence-electron chi connectivity index (χ2n) is 6.86. The van der Waals surface area contributed by atoms with Crippen LogP contribution in [0.15, 0.2) is 24.3 Å². The van der Waals surface area contributed by atoms with E-state index in [2.05, 4.69) is 5.32 Å². The quantitative estimate of drug-likeness (QED) is 0.565. The number of hydrogen-bond donors (Lipinski definition) is 1. The van der Waals surface area contributed by atoms with Crippen molar-refractivity contribution in [3.8, 4) is 0 Å². The molecule has 1 heterocycles. The van der Waals surface area contributed by atoms with E-state index >= 15 is 0 Å². The van der Waals surface area contributed by atoms with E-state index in [1.54, 1.807) is 24.3 Å². The first-order chi connectivity index (χ1) is 12.2. The van der Waals surface area contributed by atoms with Crippen LogP contribution in [0, 0.1) is 0 Å². The zero-order valence-corrected chi connectivity index (χ0v) is 15.3. The van der Waals surface area contributed by atoms with Gasteiger partial charge in [0.1, 0.15) is 0 Å². The van der Waals surface area contributed by atoms with Crippen molar-refractivity contribution < 1.29 is 23.9 Å². The summed E-state index contributed by atoms with van der Waals surface area (Å²) in [5, 5.41) is 2.77. The lowest BCUT2D eigenvalue weighted by molar-refractivity contribution is -0.149. The number of fused-ring (bicyclic) bond motifs is 1. The highest BCUT2D eigenvalue weighted by molar-refractivity contribution is 6.21. The molecule has 0 unspecified atom stereocenters. The molecule has 0 bridgehead atoms. The smallest absolute Gasteiger partial charge is 0.306 e. The first-order valence-corrected chi connectivity index (χ1v) is 8.67. The van der Waals surface area contributed by atoms with Gasteiger partial charge >= 0.3 is 5.97 Å². The van der Waals surface area contributed by atoms with E-state index in [4.69, 9.17) is 4.74 Å². The van der Waals surface area contributed by atoms with Crippen molar-refractivity contribution in [2.45, 2.75) is 45.6 Å². The minimum atomic E-state index is -0.536.